The van der Waals surface area contributed by atoms with Crippen molar-refractivity contribution in [3.05, 3.63) is 76.8 Å². The van der Waals surface area contributed by atoms with Crippen molar-refractivity contribution >= 4 is 22.6 Å². The molecule has 4 rings (SSSR count). The molecule has 0 radical (unpaired) electrons. The molecular formula is C20H17N3O2. The summed E-state index contributed by atoms with van der Waals surface area (Å²) in [6.45, 7) is 0. The first-order chi connectivity index (χ1) is 12.2. The third-order valence-corrected chi connectivity index (χ3v) is 4.40. The van der Waals surface area contributed by atoms with Crippen molar-refractivity contribution < 1.29 is 9.21 Å². The number of para-hydroxylation sites is 1. The Morgan fingerprint density at radius 2 is 1.88 bits per heavy atom. The SMILES string of the molecule is N=c1oc2ccccc2cc1C(=O)N/N=C1/CCCc2ccccc21. The van der Waals surface area contributed by atoms with Crippen molar-refractivity contribution in [3.8, 4) is 0 Å². The zero-order valence-corrected chi connectivity index (χ0v) is 13.6. The Balaban J connectivity index is 1.63. The molecule has 0 bridgehead atoms. The van der Waals surface area contributed by atoms with Crippen molar-refractivity contribution in [2.75, 3.05) is 0 Å². The van der Waals surface area contributed by atoms with Crippen LogP contribution in [-0.2, 0) is 6.42 Å². The van der Waals surface area contributed by atoms with E-state index in [1.807, 2.05) is 36.4 Å². The highest BCUT2D eigenvalue weighted by atomic mass is 16.3. The molecule has 1 aromatic heterocycles. The van der Waals surface area contributed by atoms with Crippen LogP contribution in [-0.4, -0.2) is 11.6 Å². The largest absolute Gasteiger partial charge is 0.438 e. The number of hydrazone groups is 1. The summed E-state index contributed by atoms with van der Waals surface area (Å²) in [5.74, 6) is -0.435. The average Bonchev–Trinajstić information content (AvgIpc) is 2.65. The van der Waals surface area contributed by atoms with Crippen LogP contribution in [0, 0.1) is 5.41 Å². The van der Waals surface area contributed by atoms with E-state index in [0.717, 1.165) is 35.9 Å². The number of fused-ring (bicyclic) bond motifs is 2. The fraction of sp³-hybridized carbons (Fsp3) is 0.150. The number of aryl methyl sites for hydroxylation is 1. The van der Waals surface area contributed by atoms with Crippen molar-refractivity contribution in [1.82, 2.24) is 5.43 Å². The number of hydrogen-bond donors (Lipinski definition) is 2. The van der Waals surface area contributed by atoms with E-state index in [-0.39, 0.29) is 11.1 Å². The second-order valence-corrected chi connectivity index (χ2v) is 6.04. The summed E-state index contributed by atoms with van der Waals surface area (Å²) in [6, 6.07) is 17.1. The molecule has 0 spiro atoms. The average molecular weight is 331 g/mol. The predicted octanol–water partition coefficient (Wildman–Crippen LogP) is 3.38. The lowest BCUT2D eigenvalue weighted by Crippen LogP contribution is -2.26. The molecule has 0 atom stereocenters. The Morgan fingerprint density at radius 1 is 1.08 bits per heavy atom. The zero-order valence-electron chi connectivity index (χ0n) is 13.6. The number of hydrogen-bond acceptors (Lipinski definition) is 4. The topological polar surface area (TPSA) is 78.5 Å². The van der Waals surface area contributed by atoms with Crippen molar-refractivity contribution in [2.45, 2.75) is 19.3 Å². The Kier molecular flexibility index (Phi) is 3.90. The Labute approximate surface area is 144 Å². The number of nitrogens with zero attached hydrogens (tertiary/aromatic N) is 1. The molecular weight excluding hydrogens is 314 g/mol. The maximum atomic E-state index is 12.5. The van der Waals surface area contributed by atoms with Crippen LogP contribution in [0.15, 0.2) is 64.1 Å². The Morgan fingerprint density at radius 3 is 2.80 bits per heavy atom. The van der Waals surface area contributed by atoms with Gasteiger partial charge in [-0.1, -0.05) is 42.5 Å². The first kappa shape index (κ1) is 15.3. The molecule has 1 amide bonds. The third-order valence-electron chi connectivity index (χ3n) is 4.40. The van der Waals surface area contributed by atoms with E-state index < -0.39 is 5.91 Å². The maximum absolute atomic E-state index is 12.5. The molecule has 5 heteroatoms. The van der Waals surface area contributed by atoms with E-state index in [4.69, 9.17) is 9.83 Å². The summed E-state index contributed by atoms with van der Waals surface area (Å²) in [5.41, 5.74) is 6.39. The van der Waals surface area contributed by atoms with Crippen LogP contribution in [0.3, 0.4) is 0 Å². The van der Waals surface area contributed by atoms with Crippen LogP contribution in [0.4, 0.5) is 0 Å². The summed E-state index contributed by atoms with van der Waals surface area (Å²) in [7, 11) is 0. The van der Waals surface area contributed by atoms with Gasteiger partial charge >= 0.3 is 0 Å². The minimum atomic E-state index is -0.435. The number of amides is 1. The summed E-state index contributed by atoms with van der Waals surface area (Å²) in [6.07, 6.45) is 2.87. The van der Waals surface area contributed by atoms with Crippen LogP contribution in [0.5, 0.6) is 0 Å². The monoisotopic (exact) mass is 331 g/mol. The predicted molar refractivity (Wildman–Crippen MR) is 95.5 cm³/mol. The normalized spacial score (nSPS) is 15.1. The molecule has 1 aliphatic carbocycles. The zero-order chi connectivity index (χ0) is 17.2. The van der Waals surface area contributed by atoms with Gasteiger partial charge < -0.3 is 4.42 Å². The highest BCUT2D eigenvalue weighted by Gasteiger charge is 2.16. The molecule has 0 fully saturated rings. The summed E-state index contributed by atoms with van der Waals surface area (Å²) in [4.78, 5) is 12.5. The van der Waals surface area contributed by atoms with Gasteiger partial charge in [-0.2, -0.15) is 5.10 Å². The number of rotatable bonds is 2. The molecule has 3 aromatic rings. The molecule has 0 saturated heterocycles. The van der Waals surface area contributed by atoms with Gasteiger partial charge in [0.15, 0.2) is 0 Å². The highest BCUT2D eigenvalue weighted by Crippen LogP contribution is 2.21. The van der Waals surface area contributed by atoms with Crippen LogP contribution in [0.1, 0.15) is 34.3 Å². The first-order valence-corrected chi connectivity index (χ1v) is 8.25. The summed E-state index contributed by atoms with van der Waals surface area (Å²) < 4.78 is 5.42. The van der Waals surface area contributed by atoms with Gasteiger partial charge in [-0.15, -0.1) is 0 Å². The lowest BCUT2D eigenvalue weighted by atomic mass is 9.90. The molecule has 1 heterocycles. The highest BCUT2D eigenvalue weighted by molar-refractivity contribution is 6.04. The van der Waals surface area contributed by atoms with Gasteiger partial charge in [0.2, 0.25) is 5.55 Å². The Bertz CT molecular complexity index is 1050. The van der Waals surface area contributed by atoms with Gasteiger partial charge in [-0.25, -0.2) is 5.43 Å². The van der Waals surface area contributed by atoms with Crippen LogP contribution >= 0.6 is 0 Å². The standard InChI is InChI=1S/C20H17N3O2/c21-19-16(12-14-7-2-4-11-18(14)25-19)20(24)23-22-17-10-5-8-13-6-1-3-9-15(13)17/h1-4,6-7,9,11-12,21H,5,8,10H2,(H,23,24)/b21-19?,22-17-. The van der Waals surface area contributed by atoms with Crippen LogP contribution < -0.4 is 11.0 Å². The van der Waals surface area contributed by atoms with E-state index in [0.29, 0.717) is 5.58 Å². The van der Waals surface area contributed by atoms with Gasteiger partial charge in [-0.05, 0) is 37.0 Å². The number of carbonyl (C=O) groups is 1. The number of benzene rings is 2. The van der Waals surface area contributed by atoms with Crippen LogP contribution in [0.25, 0.3) is 11.0 Å². The maximum Gasteiger partial charge on any atom is 0.276 e. The Hall–Kier alpha value is -3.21. The number of carbonyl (C=O) groups excluding carboxylic acids is 1. The fourth-order valence-corrected chi connectivity index (χ4v) is 3.14. The van der Waals surface area contributed by atoms with E-state index in [1.165, 1.54) is 5.56 Å². The number of nitrogens with one attached hydrogen (secondary N) is 2. The molecule has 2 aromatic carbocycles. The van der Waals surface area contributed by atoms with E-state index >= 15 is 0 Å². The fourth-order valence-electron chi connectivity index (χ4n) is 3.14. The molecule has 124 valence electrons. The lowest BCUT2D eigenvalue weighted by molar-refractivity contribution is 0.0950. The quantitative estimate of drug-likeness (QED) is 0.706. The van der Waals surface area contributed by atoms with E-state index in [2.05, 4.69) is 16.6 Å². The molecule has 25 heavy (non-hydrogen) atoms. The lowest BCUT2D eigenvalue weighted by Gasteiger charge is -2.17. The van der Waals surface area contributed by atoms with Crippen molar-refractivity contribution in [2.24, 2.45) is 5.10 Å². The van der Waals surface area contributed by atoms with Gasteiger partial charge in [0.1, 0.15) is 11.1 Å². The molecule has 0 saturated carbocycles. The van der Waals surface area contributed by atoms with E-state index in [9.17, 15) is 4.79 Å². The smallest absolute Gasteiger partial charge is 0.276 e. The van der Waals surface area contributed by atoms with Gasteiger partial charge in [0.05, 0.1) is 5.71 Å². The minimum Gasteiger partial charge on any atom is -0.438 e. The molecule has 0 aliphatic heterocycles. The second kappa shape index (κ2) is 6.36. The second-order valence-electron chi connectivity index (χ2n) is 6.04. The third kappa shape index (κ3) is 2.96. The van der Waals surface area contributed by atoms with Gasteiger partial charge in [0, 0.05) is 10.9 Å². The van der Waals surface area contributed by atoms with Crippen molar-refractivity contribution in [1.29, 1.82) is 5.41 Å². The van der Waals surface area contributed by atoms with E-state index in [1.54, 1.807) is 12.1 Å². The first-order valence-electron chi connectivity index (χ1n) is 8.25. The summed E-state index contributed by atoms with van der Waals surface area (Å²) in [5, 5.41) is 13.0. The molecule has 1 aliphatic rings. The molecule has 5 nitrogen and oxygen atoms in total. The molecule has 2 N–H and O–H groups in total. The van der Waals surface area contributed by atoms with Gasteiger partial charge in [0.25, 0.3) is 5.91 Å². The molecule has 0 unspecified atom stereocenters. The minimum absolute atomic E-state index is 0.166. The van der Waals surface area contributed by atoms with Crippen molar-refractivity contribution in [3.63, 3.8) is 0 Å². The van der Waals surface area contributed by atoms with Gasteiger partial charge in [-0.3, -0.25) is 10.2 Å². The summed E-state index contributed by atoms with van der Waals surface area (Å²) >= 11 is 0. The van der Waals surface area contributed by atoms with Crippen LogP contribution in [0.2, 0.25) is 0 Å².